The van der Waals surface area contributed by atoms with E-state index in [1.807, 2.05) is 18.7 Å². The molecule has 0 aromatic heterocycles. The summed E-state index contributed by atoms with van der Waals surface area (Å²) in [7, 11) is 0. The third-order valence-corrected chi connectivity index (χ3v) is 3.77. The second-order valence-corrected chi connectivity index (χ2v) is 5.18. The van der Waals surface area contributed by atoms with Crippen LogP contribution in [0.15, 0.2) is 0 Å². The summed E-state index contributed by atoms with van der Waals surface area (Å²) in [6.45, 7) is 4.31. The van der Waals surface area contributed by atoms with Crippen LogP contribution in [0.25, 0.3) is 0 Å². The summed E-state index contributed by atoms with van der Waals surface area (Å²) in [4.78, 5) is 13.7. The summed E-state index contributed by atoms with van der Waals surface area (Å²) in [6, 6.07) is 0.310. The maximum absolute atomic E-state index is 12.0. The number of aliphatic hydroxyl groups excluding tert-OH is 1. The van der Waals surface area contributed by atoms with Crippen molar-refractivity contribution in [2.24, 2.45) is 0 Å². The van der Waals surface area contributed by atoms with Crippen LogP contribution in [0, 0.1) is 0 Å². The quantitative estimate of drug-likeness (QED) is 0.708. The Morgan fingerprint density at radius 2 is 2.38 bits per heavy atom. The van der Waals surface area contributed by atoms with Crippen molar-refractivity contribution in [3.63, 3.8) is 0 Å². The lowest BCUT2D eigenvalue weighted by molar-refractivity contribution is -0.132. The Hall–Kier alpha value is -0.260. The minimum Gasteiger partial charge on any atom is -0.395 e. The van der Waals surface area contributed by atoms with Crippen LogP contribution in [-0.2, 0) is 4.79 Å². The Kier molecular flexibility index (Phi) is 6.84. The molecule has 0 aromatic carbocycles. The van der Waals surface area contributed by atoms with Crippen LogP contribution >= 0.6 is 11.8 Å². The molecule has 1 heterocycles. The zero-order valence-corrected chi connectivity index (χ0v) is 10.8. The van der Waals surface area contributed by atoms with Crippen LogP contribution < -0.4 is 5.32 Å². The van der Waals surface area contributed by atoms with Gasteiger partial charge < -0.3 is 15.3 Å². The molecule has 1 unspecified atom stereocenters. The van der Waals surface area contributed by atoms with Crippen LogP contribution in [0.4, 0.5) is 0 Å². The third kappa shape index (κ3) is 4.72. The van der Waals surface area contributed by atoms with Crippen LogP contribution in [0.1, 0.15) is 19.8 Å². The van der Waals surface area contributed by atoms with Gasteiger partial charge in [-0.05, 0) is 6.42 Å². The summed E-state index contributed by atoms with van der Waals surface area (Å²) in [6.07, 6.45) is 1.51. The fourth-order valence-corrected chi connectivity index (χ4v) is 2.79. The standard InChI is InChI=1S/C11H22N2O2S/c1-2-4-13(5-6-14)11(15)8-10-9-16-7-3-12-10/h10,12,14H,2-9H2,1H3. The van der Waals surface area contributed by atoms with Gasteiger partial charge >= 0.3 is 0 Å². The van der Waals surface area contributed by atoms with Crippen molar-refractivity contribution in [1.29, 1.82) is 0 Å². The summed E-state index contributed by atoms with van der Waals surface area (Å²) < 4.78 is 0. The van der Waals surface area contributed by atoms with Gasteiger partial charge in [0, 0.05) is 43.6 Å². The number of nitrogens with zero attached hydrogens (tertiary/aromatic N) is 1. The largest absolute Gasteiger partial charge is 0.395 e. The number of amides is 1. The molecule has 1 amide bonds. The highest BCUT2D eigenvalue weighted by molar-refractivity contribution is 7.99. The van der Waals surface area contributed by atoms with E-state index in [1.54, 1.807) is 4.90 Å². The van der Waals surface area contributed by atoms with Crippen molar-refractivity contribution in [3.05, 3.63) is 0 Å². The Bertz CT molecular complexity index is 202. The number of carbonyl (C=O) groups excluding carboxylic acids is 1. The molecule has 5 heteroatoms. The number of hydrogen-bond acceptors (Lipinski definition) is 4. The Morgan fingerprint density at radius 1 is 1.56 bits per heavy atom. The van der Waals surface area contributed by atoms with Gasteiger partial charge in [0.2, 0.25) is 5.91 Å². The summed E-state index contributed by atoms with van der Waals surface area (Å²) >= 11 is 1.90. The molecule has 1 aliphatic heterocycles. The highest BCUT2D eigenvalue weighted by Gasteiger charge is 2.20. The number of hydrogen-bond donors (Lipinski definition) is 2. The highest BCUT2D eigenvalue weighted by Crippen LogP contribution is 2.11. The van der Waals surface area contributed by atoms with Crippen LogP contribution in [-0.4, -0.2) is 59.7 Å². The van der Waals surface area contributed by atoms with Crippen LogP contribution in [0.5, 0.6) is 0 Å². The third-order valence-electron chi connectivity index (χ3n) is 2.64. The molecule has 0 saturated carbocycles. The van der Waals surface area contributed by atoms with Gasteiger partial charge in [-0.15, -0.1) is 0 Å². The lowest BCUT2D eigenvalue weighted by atomic mass is 10.2. The van der Waals surface area contributed by atoms with E-state index in [0.717, 1.165) is 31.0 Å². The Morgan fingerprint density at radius 3 is 2.94 bits per heavy atom. The zero-order valence-electron chi connectivity index (χ0n) is 9.95. The predicted octanol–water partition coefficient (Wildman–Crippen LogP) is 0.312. The molecule has 94 valence electrons. The molecule has 16 heavy (non-hydrogen) atoms. The molecule has 1 atom stereocenters. The maximum Gasteiger partial charge on any atom is 0.224 e. The molecule has 1 aliphatic rings. The number of rotatable bonds is 6. The van der Waals surface area contributed by atoms with Crippen molar-refractivity contribution in [2.75, 3.05) is 37.7 Å². The van der Waals surface area contributed by atoms with E-state index in [0.29, 0.717) is 19.0 Å². The predicted molar refractivity (Wildman–Crippen MR) is 67.7 cm³/mol. The first-order chi connectivity index (χ1) is 7.77. The van der Waals surface area contributed by atoms with E-state index < -0.39 is 0 Å². The smallest absolute Gasteiger partial charge is 0.224 e. The van der Waals surface area contributed by atoms with E-state index in [4.69, 9.17) is 5.11 Å². The van der Waals surface area contributed by atoms with Crippen molar-refractivity contribution in [1.82, 2.24) is 10.2 Å². The van der Waals surface area contributed by atoms with Gasteiger partial charge in [-0.1, -0.05) is 6.92 Å². The van der Waals surface area contributed by atoms with Crippen LogP contribution in [0.3, 0.4) is 0 Å². The average Bonchev–Trinajstić information content (AvgIpc) is 2.30. The minimum atomic E-state index is 0.0542. The molecule has 0 radical (unpaired) electrons. The molecular formula is C11H22N2O2S. The van der Waals surface area contributed by atoms with Crippen molar-refractivity contribution < 1.29 is 9.90 Å². The first-order valence-corrected chi connectivity index (χ1v) is 7.13. The normalized spacial score (nSPS) is 20.8. The molecule has 4 nitrogen and oxygen atoms in total. The SMILES string of the molecule is CCCN(CCO)C(=O)CC1CSCCN1. The second kappa shape index (κ2) is 7.92. The zero-order chi connectivity index (χ0) is 11.8. The first kappa shape index (κ1) is 13.8. The van der Waals surface area contributed by atoms with Gasteiger partial charge in [0.1, 0.15) is 0 Å². The van der Waals surface area contributed by atoms with E-state index in [1.165, 1.54) is 0 Å². The molecule has 0 bridgehead atoms. The molecule has 0 aliphatic carbocycles. The van der Waals surface area contributed by atoms with Gasteiger partial charge in [0.25, 0.3) is 0 Å². The van der Waals surface area contributed by atoms with E-state index in [2.05, 4.69) is 5.32 Å². The van der Waals surface area contributed by atoms with Crippen molar-refractivity contribution >= 4 is 17.7 Å². The van der Waals surface area contributed by atoms with Gasteiger partial charge in [-0.2, -0.15) is 11.8 Å². The number of aliphatic hydroxyl groups is 1. The highest BCUT2D eigenvalue weighted by atomic mass is 32.2. The summed E-state index contributed by atoms with van der Waals surface area (Å²) in [5.41, 5.74) is 0. The fraction of sp³-hybridized carbons (Fsp3) is 0.909. The number of nitrogens with one attached hydrogen (secondary N) is 1. The van der Waals surface area contributed by atoms with Gasteiger partial charge in [0.15, 0.2) is 0 Å². The van der Waals surface area contributed by atoms with E-state index in [9.17, 15) is 4.79 Å². The van der Waals surface area contributed by atoms with Crippen molar-refractivity contribution in [2.45, 2.75) is 25.8 Å². The average molecular weight is 246 g/mol. The number of carbonyl (C=O) groups is 1. The molecule has 0 aromatic rings. The van der Waals surface area contributed by atoms with Crippen molar-refractivity contribution in [3.8, 4) is 0 Å². The topological polar surface area (TPSA) is 52.6 Å². The molecular weight excluding hydrogens is 224 g/mol. The Balaban J connectivity index is 2.34. The lowest BCUT2D eigenvalue weighted by Gasteiger charge is -2.27. The summed E-state index contributed by atoms with van der Waals surface area (Å²) in [5, 5.41) is 12.3. The molecule has 1 fully saturated rings. The number of thioether (sulfide) groups is 1. The monoisotopic (exact) mass is 246 g/mol. The molecule has 1 rings (SSSR count). The molecule has 1 saturated heterocycles. The molecule has 2 N–H and O–H groups in total. The second-order valence-electron chi connectivity index (χ2n) is 4.03. The van der Waals surface area contributed by atoms with Gasteiger partial charge in [-0.25, -0.2) is 0 Å². The summed E-state index contributed by atoms with van der Waals surface area (Å²) in [5.74, 6) is 2.32. The first-order valence-electron chi connectivity index (χ1n) is 5.97. The van der Waals surface area contributed by atoms with Crippen LogP contribution in [0.2, 0.25) is 0 Å². The van der Waals surface area contributed by atoms with E-state index in [-0.39, 0.29) is 12.5 Å². The van der Waals surface area contributed by atoms with Gasteiger partial charge in [0.05, 0.1) is 6.61 Å². The Labute approximate surface area is 102 Å². The molecule has 0 spiro atoms. The van der Waals surface area contributed by atoms with Gasteiger partial charge in [-0.3, -0.25) is 4.79 Å². The fourth-order valence-electron chi connectivity index (χ4n) is 1.84. The van der Waals surface area contributed by atoms with E-state index >= 15 is 0 Å². The minimum absolute atomic E-state index is 0.0542. The lowest BCUT2D eigenvalue weighted by Crippen LogP contribution is -2.43. The maximum atomic E-state index is 12.0.